The predicted octanol–water partition coefficient (Wildman–Crippen LogP) is 2.14. The van der Waals surface area contributed by atoms with Crippen molar-refractivity contribution in [1.29, 1.82) is 0 Å². The molecule has 0 radical (unpaired) electrons. The predicted molar refractivity (Wildman–Crippen MR) is 98.9 cm³/mol. The van der Waals surface area contributed by atoms with Gasteiger partial charge in [-0.15, -0.1) is 0 Å². The molecule has 6 nitrogen and oxygen atoms in total. The van der Waals surface area contributed by atoms with E-state index in [9.17, 15) is 9.59 Å². The number of aryl methyl sites for hydroxylation is 2. The second-order valence-electron chi connectivity index (χ2n) is 7.47. The number of carbonyl (C=O) groups excluding carboxylic acids is 2. The van der Waals surface area contributed by atoms with E-state index in [1.54, 1.807) is 6.07 Å². The van der Waals surface area contributed by atoms with Crippen LogP contribution in [0.2, 0.25) is 0 Å². The fourth-order valence-electron chi connectivity index (χ4n) is 4.61. The van der Waals surface area contributed by atoms with Gasteiger partial charge in [0.25, 0.3) is 0 Å². The Morgan fingerprint density at radius 3 is 2.54 bits per heavy atom. The summed E-state index contributed by atoms with van der Waals surface area (Å²) in [7, 11) is 0. The average Bonchev–Trinajstić information content (AvgIpc) is 3.01. The van der Waals surface area contributed by atoms with Gasteiger partial charge >= 0.3 is 0 Å². The molecule has 1 aliphatic carbocycles. The van der Waals surface area contributed by atoms with Crippen molar-refractivity contribution >= 4 is 22.7 Å². The summed E-state index contributed by atoms with van der Waals surface area (Å²) in [5.41, 5.74) is 16.1. The first-order valence-electron chi connectivity index (χ1n) is 9.40. The smallest absolute Gasteiger partial charge is 0.248 e. The fourth-order valence-corrected chi connectivity index (χ4v) is 4.61. The minimum atomic E-state index is -0.478. The number of aromatic amines is 1. The van der Waals surface area contributed by atoms with Crippen molar-refractivity contribution in [1.82, 2.24) is 4.98 Å². The largest absolute Gasteiger partial charge is 0.381 e. The van der Waals surface area contributed by atoms with Crippen LogP contribution >= 0.6 is 0 Å². The zero-order valence-corrected chi connectivity index (χ0v) is 14.8. The Hall–Kier alpha value is -2.34. The molecule has 4 rings (SSSR count). The van der Waals surface area contributed by atoms with Gasteiger partial charge in [-0.3, -0.25) is 9.59 Å². The molecule has 1 saturated heterocycles. The molecule has 1 unspecified atom stereocenters. The number of ether oxygens (including phenoxy) is 1. The van der Waals surface area contributed by atoms with Crippen molar-refractivity contribution < 1.29 is 14.3 Å². The summed E-state index contributed by atoms with van der Waals surface area (Å²) in [6.45, 7) is 1.27. The zero-order valence-electron chi connectivity index (χ0n) is 14.8. The Morgan fingerprint density at radius 2 is 1.85 bits per heavy atom. The molecule has 1 atom stereocenters. The lowest BCUT2D eigenvalue weighted by atomic mass is 9.79. The summed E-state index contributed by atoms with van der Waals surface area (Å²) in [6.07, 6.45) is 5.84. The fraction of sp³-hybridized carbons (Fsp3) is 0.500. The molecule has 2 aromatic rings. The SMILES string of the molecule is NC(=O)c1cc(C(C(N)=O)C2CCOCC2)c2[nH]c3c(c2c1)CCCC3. The van der Waals surface area contributed by atoms with Crippen LogP contribution in [-0.4, -0.2) is 30.0 Å². The molecule has 0 saturated carbocycles. The minimum Gasteiger partial charge on any atom is -0.381 e. The van der Waals surface area contributed by atoms with Gasteiger partial charge in [-0.2, -0.15) is 0 Å². The van der Waals surface area contributed by atoms with Gasteiger partial charge in [-0.1, -0.05) is 0 Å². The van der Waals surface area contributed by atoms with E-state index in [1.807, 2.05) is 6.07 Å². The molecule has 2 heterocycles. The highest BCUT2D eigenvalue weighted by molar-refractivity contribution is 6.01. The van der Waals surface area contributed by atoms with E-state index in [-0.39, 0.29) is 11.8 Å². The number of hydrogen-bond donors (Lipinski definition) is 3. The molecular formula is C20H25N3O3. The highest BCUT2D eigenvalue weighted by atomic mass is 16.5. The summed E-state index contributed by atoms with van der Waals surface area (Å²) >= 11 is 0. The third-order valence-corrected chi connectivity index (χ3v) is 5.90. The first-order chi connectivity index (χ1) is 12.6. The van der Waals surface area contributed by atoms with Crippen LogP contribution < -0.4 is 11.5 Å². The minimum absolute atomic E-state index is 0.118. The Morgan fingerprint density at radius 1 is 1.12 bits per heavy atom. The van der Waals surface area contributed by atoms with Gasteiger partial charge in [-0.25, -0.2) is 0 Å². The maximum atomic E-state index is 12.4. The number of amides is 2. The number of carbonyl (C=O) groups is 2. The Labute approximate surface area is 152 Å². The highest BCUT2D eigenvalue weighted by Crippen LogP contribution is 2.39. The van der Waals surface area contributed by atoms with Crippen LogP contribution in [0.3, 0.4) is 0 Å². The van der Waals surface area contributed by atoms with E-state index in [0.717, 1.165) is 55.0 Å². The molecule has 5 N–H and O–H groups in total. The van der Waals surface area contributed by atoms with Crippen molar-refractivity contribution in [3.05, 3.63) is 34.5 Å². The van der Waals surface area contributed by atoms with Gasteiger partial charge in [0, 0.05) is 35.4 Å². The highest BCUT2D eigenvalue weighted by Gasteiger charge is 2.33. The van der Waals surface area contributed by atoms with Crippen LogP contribution in [0.15, 0.2) is 12.1 Å². The van der Waals surface area contributed by atoms with E-state index in [1.165, 1.54) is 11.3 Å². The standard InChI is InChI=1S/C20H25N3O3/c21-19(24)12-9-14-13-3-1-2-4-16(13)23-18(14)15(10-12)17(20(22)25)11-5-7-26-8-6-11/h9-11,17,23H,1-8H2,(H2,21,24)(H2,22,25). The van der Waals surface area contributed by atoms with Gasteiger partial charge in [0.1, 0.15) is 0 Å². The lowest BCUT2D eigenvalue weighted by Gasteiger charge is -2.29. The van der Waals surface area contributed by atoms with Crippen molar-refractivity contribution in [2.75, 3.05) is 13.2 Å². The average molecular weight is 355 g/mol. The third kappa shape index (κ3) is 2.88. The number of benzene rings is 1. The molecule has 138 valence electrons. The molecule has 26 heavy (non-hydrogen) atoms. The zero-order chi connectivity index (χ0) is 18.3. The van der Waals surface area contributed by atoms with Crippen molar-refractivity contribution in [2.24, 2.45) is 17.4 Å². The molecule has 6 heteroatoms. The maximum Gasteiger partial charge on any atom is 0.248 e. The van der Waals surface area contributed by atoms with Gasteiger partial charge in [0.2, 0.25) is 11.8 Å². The Kier molecular flexibility index (Phi) is 4.44. The summed E-state index contributed by atoms with van der Waals surface area (Å²) in [4.78, 5) is 27.9. The number of rotatable bonds is 4. The van der Waals surface area contributed by atoms with Crippen LogP contribution in [-0.2, 0) is 22.4 Å². The monoisotopic (exact) mass is 355 g/mol. The number of hydrogen-bond acceptors (Lipinski definition) is 3. The lowest BCUT2D eigenvalue weighted by molar-refractivity contribution is -0.121. The van der Waals surface area contributed by atoms with E-state index >= 15 is 0 Å². The van der Waals surface area contributed by atoms with E-state index < -0.39 is 11.8 Å². The molecular weight excluding hydrogens is 330 g/mol. The van der Waals surface area contributed by atoms with E-state index in [0.29, 0.717) is 18.8 Å². The number of H-pyrrole nitrogens is 1. The third-order valence-electron chi connectivity index (χ3n) is 5.90. The number of nitrogens with one attached hydrogen (secondary N) is 1. The van der Waals surface area contributed by atoms with Gasteiger partial charge in [0.05, 0.1) is 5.92 Å². The summed E-state index contributed by atoms with van der Waals surface area (Å²) < 4.78 is 5.45. The first-order valence-corrected chi connectivity index (χ1v) is 9.40. The molecule has 1 fully saturated rings. The van der Waals surface area contributed by atoms with Crippen molar-refractivity contribution in [2.45, 2.75) is 44.4 Å². The summed E-state index contributed by atoms with van der Waals surface area (Å²) in [5.74, 6) is -1.16. The summed E-state index contributed by atoms with van der Waals surface area (Å²) in [6, 6.07) is 3.63. The van der Waals surface area contributed by atoms with E-state index in [2.05, 4.69) is 4.98 Å². The molecule has 1 aliphatic heterocycles. The number of aromatic nitrogens is 1. The van der Waals surface area contributed by atoms with E-state index in [4.69, 9.17) is 16.2 Å². The number of nitrogens with two attached hydrogens (primary N) is 2. The topological polar surface area (TPSA) is 111 Å². The van der Waals surface area contributed by atoms with Crippen LogP contribution in [0.5, 0.6) is 0 Å². The van der Waals surface area contributed by atoms with Crippen LogP contribution in [0.1, 0.15) is 58.8 Å². The van der Waals surface area contributed by atoms with Crippen LogP contribution in [0, 0.1) is 5.92 Å². The normalized spacial score (nSPS) is 19.2. The molecule has 1 aromatic heterocycles. The number of primary amides is 2. The molecule has 0 spiro atoms. The maximum absolute atomic E-state index is 12.4. The van der Waals surface area contributed by atoms with Crippen LogP contribution in [0.4, 0.5) is 0 Å². The molecule has 1 aromatic carbocycles. The van der Waals surface area contributed by atoms with Crippen LogP contribution in [0.25, 0.3) is 10.9 Å². The van der Waals surface area contributed by atoms with Crippen molar-refractivity contribution in [3.8, 4) is 0 Å². The molecule has 0 bridgehead atoms. The van der Waals surface area contributed by atoms with Crippen molar-refractivity contribution in [3.63, 3.8) is 0 Å². The Bertz CT molecular complexity index is 865. The Balaban J connectivity index is 1.92. The molecule has 2 aliphatic rings. The van der Waals surface area contributed by atoms with Gasteiger partial charge < -0.3 is 21.2 Å². The summed E-state index contributed by atoms with van der Waals surface area (Å²) in [5, 5.41) is 1.02. The second-order valence-corrected chi connectivity index (χ2v) is 7.47. The first kappa shape index (κ1) is 17.1. The van der Waals surface area contributed by atoms with Gasteiger partial charge in [0.15, 0.2) is 0 Å². The number of fused-ring (bicyclic) bond motifs is 3. The van der Waals surface area contributed by atoms with Gasteiger partial charge in [-0.05, 0) is 67.7 Å². The molecule has 2 amide bonds. The quantitative estimate of drug-likeness (QED) is 0.781. The lowest BCUT2D eigenvalue weighted by Crippen LogP contribution is -2.32. The second kappa shape index (κ2) is 6.76.